The predicted molar refractivity (Wildman–Crippen MR) is 120 cm³/mol. The van der Waals surface area contributed by atoms with Crippen molar-refractivity contribution in [2.75, 3.05) is 19.4 Å². The predicted octanol–water partition coefficient (Wildman–Crippen LogP) is -0.0679. The van der Waals surface area contributed by atoms with Crippen LogP contribution in [0.25, 0.3) is 0 Å². The zero-order valence-electron chi connectivity index (χ0n) is 21.5. The molecule has 0 bridgehead atoms. The molecule has 3 N–H and O–H groups in total. The van der Waals surface area contributed by atoms with Gasteiger partial charge in [0.15, 0.2) is 0 Å². The van der Waals surface area contributed by atoms with Gasteiger partial charge in [-0.2, -0.15) is 74.3 Å². The Morgan fingerprint density at radius 1 is 0.479 bits per heavy atom. The second kappa shape index (κ2) is 12.9. The number of hydrogen-bond donors (Lipinski definition) is 3. The van der Waals surface area contributed by atoms with E-state index in [-0.39, 0.29) is 15.1 Å². The first-order chi connectivity index (χ1) is 20.4. The topological polar surface area (TPSA) is 250 Å². The molecular formula is C11H12F15N3O13S6. The van der Waals surface area contributed by atoms with Crippen LogP contribution in [-0.2, 0) is 64.4 Å². The number of halogens is 15. The van der Waals surface area contributed by atoms with Crippen LogP contribution >= 0.6 is 0 Å². The van der Waals surface area contributed by atoms with Crippen LogP contribution in [0.15, 0.2) is 0 Å². The summed E-state index contributed by atoms with van der Waals surface area (Å²) in [5.41, 5.74) is -6.88. The van der Waals surface area contributed by atoms with E-state index >= 15 is 0 Å². The largest absolute Gasteiger partial charge is 0.512 e. The average molecular weight is 872 g/mol. The van der Waals surface area contributed by atoms with Crippen LogP contribution in [0.2, 0.25) is 0 Å². The molecule has 0 aliphatic rings. The normalized spacial score (nSPS) is 16.2. The van der Waals surface area contributed by atoms with Crippen molar-refractivity contribution in [3.63, 3.8) is 0 Å². The van der Waals surface area contributed by atoms with Gasteiger partial charge in [-0.25, -0.2) is 46.8 Å². The summed E-state index contributed by atoms with van der Waals surface area (Å²) in [5.74, 6) is -15.6. The van der Waals surface area contributed by atoms with Gasteiger partial charge in [0.2, 0.25) is 10.0 Å². The lowest BCUT2D eigenvalue weighted by Crippen LogP contribution is -2.64. The summed E-state index contributed by atoms with van der Waals surface area (Å²) in [4.78, 5) is 0. The maximum absolute atomic E-state index is 13.9. The van der Waals surface area contributed by atoms with Gasteiger partial charge in [0.25, 0.3) is 30.1 Å². The van der Waals surface area contributed by atoms with Gasteiger partial charge in [-0.15, -0.1) is 4.13 Å². The fraction of sp³-hybridized carbons (Fsp3) is 1.00. The standard InChI is InChI=1S/C11H12F15N3O13S6/c1-43(30,31)28-45(34,35)8(18,19)5(12,13)7(16,17)44(32,33)27-3-2-4-42-48(40,41)10(22,23)6(14,15)9(20,21)46(36,37)29-47(38,39)11(24,25)26/h27-29H,2-4H2,1H3. The van der Waals surface area contributed by atoms with E-state index in [4.69, 9.17) is 0 Å². The molecule has 37 heteroatoms. The average Bonchev–Trinajstić information content (AvgIpc) is 2.79. The quantitative estimate of drug-likeness (QED) is 0.0929. The summed E-state index contributed by atoms with van der Waals surface area (Å²) in [5, 5.41) is -30.0. The molecule has 0 rings (SSSR count). The lowest BCUT2D eigenvalue weighted by molar-refractivity contribution is -0.246. The highest BCUT2D eigenvalue weighted by molar-refractivity contribution is 8.06. The van der Waals surface area contributed by atoms with Crippen molar-refractivity contribution in [2.24, 2.45) is 0 Å². The van der Waals surface area contributed by atoms with Gasteiger partial charge in [0, 0.05) is 6.54 Å². The van der Waals surface area contributed by atoms with E-state index in [1.807, 2.05) is 0 Å². The first-order valence-electron chi connectivity index (χ1n) is 10.1. The Morgan fingerprint density at radius 2 is 0.812 bits per heavy atom. The van der Waals surface area contributed by atoms with Crippen LogP contribution in [0.4, 0.5) is 65.9 Å². The van der Waals surface area contributed by atoms with Crippen LogP contribution in [0.3, 0.4) is 0 Å². The molecule has 0 amide bonds. The molecule has 0 aliphatic carbocycles. The Hall–Kier alpha value is -1.51. The van der Waals surface area contributed by atoms with Crippen LogP contribution < -0.4 is 13.0 Å². The molecule has 16 nitrogen and oxygen atoms in total. The lowest BCUT2D eigenvalue weighted by Gasteiger charge is -2.31. The third kappa shape index (κ3) is 8.17. The molecule has 0 spiro atoms. The molecule has 0 aliphatic heterocycles. The maximum atomic E-state index is 13.9. The molecule has 0 unspecified atom stereocenters. The monoisotopic (exact) mass is 871 g/mol. The molecule has 0 aromatic rings. The van der Waals surface area contributed by atoms with Gasteiger partial charge in [0.05, 0.1) is 12.9 Å². The van der Waals surface area contributed by atoms with Gasteiger partial charge in [-0.3, -0.25) is 4.18 Å². The van der Waals surface area contributed by atoms with Crippen molar-refractivity contribution in [3.8, 4) is 0 Å². The fourth-order valence-electron chi connectivity index (χ4n) is 2.11. The second-order valence-electron chi connectivity index (χ2n) is 8.14. The zero-order chi connectivity index (χ0) is 39.4. The summed E-state index contributed by atoms with van der Waals surface area (Å²) in [6.45, 7) is -4.41. The summed E-state index contributed by atoms with van der Waals surface area (Å²) in [7, 11) is -43.7. The number of alkyl halides is 15. The highest BCUT2D eigenvalue weighted by atomic mass is 32.3. The van der Waals surface area contributed by atoms with Gasteiger partial charge >= 0.3 is 58.5 Å². The minimum atomic E-state index is -8.18. The third-order valence-electron chi connectivity index (χ3n) is 4.43. The van der Waals surface area contributed by atoms with Crippen LogP contribution in [-0.4, -0.2) is 108 Å². The summed E-state index contributed by atoms with van der Waals surface area (Å²) < 4.78 is 338. The Bertz CT molecular complexity index is 1890. The Balaban J connectivity index is 6.04. The number of nitrogens with one attached hydrogen (secondary N) is 3. The van der Waals surface area contributed by atoms with Crippen molar-refractivity contribution in [2.45, 2.75) is 44.8 Å². The first kappa shape index (κ1) is 46.5. The summed E-state index contributed by atoms with van der Waals surface area (Å²) >= 11 is 0. The molecule has 290 valence electrons. The van der Waals surface area contributed by atoms with Crippen LogP contribution in [0.5, 0.6) is 0 Å². The number of rotatable bonds is 18. The molecule has 0 radical (unpaired) electrons. The minimum Gasteiger partial charge on any atom is -0.265 e. The molecule has 48 heavy (non-hydrogen) atoms. The maximum Gasteiger partial charge on any atom is 0.512 e. The van der Waals surface area contributed by atoms with Crippen LogP contribution in [0, 0.1) is 0 Å². The Kier molecular flexibility index (Phi) is 12.5. The van der Waals surface area contributed by atoms with Gasteiger partial charge < -0.3 is 0 Å². The van der Waals surface area contributed by atoms with Gasteiger partial charge in [0.1, 0.15) is 0 Å². The lowest BCUT2D eigenvalue weighted by atomic mass is 10.3. The van der Waals surface area contributed by atoms with E-state index in [0.29, 0.717) is 0 Å². The van der Waals surface area contributed by atoms with Crippen molar-refractivity contribution < 1.29 is 121 Å². The Morgan fingerprint density at radius 3 is 1.17 bits per heavy atom. The third-order valence-corrected chi connectivity index (χ3v) is 13.6. The van der Waals surface area contributed by atoms with E-state index in [1.165, 1.54) is 0 Å². The molecule has 0 fully saturated rings. The minimum absolute atomic E-state index is 0.183. The zero-order valence-corrected chi connectivity index (χ0v) is 26.4. The van der Waals surface area contributed by atoms with Crippen molar-refractivity contribution in [1.82, 2.24) is 13.0 Å². The molecule has 0 saturated carbocycles. The van der Waals surface area contributed by atoms with E-state index in [1.54, 1.807) is 0 Å². The molecule has 0 heterocycles. The fourth-order valence-corrected chi connectivity index (χ4v) is 9.12. The number of hydrogen-bond acceptors (Lipinski definition) is 13. The molecular weight excluding hydrogens is 860 g/mol. The van der Waals surface area contributed by atoms with Gasteiger partial charge in [-0.05, 0) is 6.42 Å². The first-order valence-corrected chi connectivity index (χ1v) is 19.3. The molecule has 0 atom stereocenters. The Labute approximate surface area is 257 Å². The molecule has 0 aromatic carbocycles. The summed E-state index contributed by atoms with van der Waals surface area (Å²) in [6, 6.07) is 0. The van der Waals surface area contributed by atoms with E-state index in [0.717, 1.165) is 0 Å². The van der Waals surface area contributed by atoms with Crippen LogP contribution in [0.1, 0.15) is 6.42 Å². The molecule has 0 aromatic heterocycles. The van der Waals surface area contributed by atoms with Crippen molar-refractivity contribution in [1.29, 1.82) is 0 Å². The van der Waals surface area contributed by atoms with E-state index in [9.17, 15) is 116 Å². The van der Waals surface area contributed by atoms with E-state index in [2.05, 4.69) is 4.18 Å². The molecule has 0 saturated heterocycles. The van der Waals surface area contributed by atoms with E-state index < -0.39 is 122 Å². The van der Waals surface area contributed by atoms with Crippen molar-refractivity contribution >= 4 is 60.2 Å². The summed E-state index contributed by atoms with van der Waals surface area (Å²) in [6.07, 6.45) is -2.11. The van der Waals surface area contributed by atoms with Gasteiger partial charge in [-0.1, -0.05) is 4.13 Å². The SMILES string of the molecule is CS(=O)(=O)NS(=O)(=O)C(F)(F)C(F)(F)C(F)(F)S(=O)(=O)NCCCOS(=O)(=O)C(F)(F)C(F)(F)C(F)(F)S(=O)(=O)NS(=O)(=O)C(F)(F)F. The smallest absolute Gasteiger partial charge is 0.265 e. The highest BCUT2D eigenvalue weighted by Gasteiger charge is 2.84. The highest BCUT2D eigenvalue weighted by Crippen LogP contribution is 2.52. The second-order valence-corrected chi connectivity index (χ2v) is 19.0. The van der Waals surface area contributed by atoms with Crippen molar-refractivity contribution in [3.05, 3.63) is 0 Å². The number of sulfonamides is 5.